The highest BCUT2D eigenvalue weighted by atomic mass is 19.1. The van der Waals surface area contributed by atoms with Crippen molar-refractivity contribution in [2.45, 2.75) is 76.9 Å². The van der Waals surface area contributed by atoms with Gasteiger partial charge in [0.2, 0.25) is 11.8 Å². The number of aliphatic hydroxyl groups is 2. The van der Waals surface area contributed by atoms with Crippen LogP contribution in [0.15, 0.2) is 60.2 Å². The number of benzene rings is 2. The summed E-state index contributed by atoms with van der Waals surface area (Å²) in [6.07, 6.45) is 2.49. The van der Waals surface area contributed by atoms with Crippen LogP contribution in [0, 0.1) is 23.6 Å². The SMILES string of the molecule is CC(C)[C@H]1CC[C@H](C)C[C@@H]1OCC(=O)N(Cc1ccccc1F)[C@@H]1C=C(C(=O)NCCO)[C@@H]2c3ccccc3O[C@@H]2[C@H]1O. The van der Waals surface area contributed by atoms with Gasteiger partial charge in [-0.05, 0) is 48.8 Å². The fraction of sp³-hybridized carbons (Fsp3) is 0.529. The number of para-hydroxylation sites is 1. The molecule has 9 heteroatoms. The molecule has 3 N–H and O–H groups in total. The van der Waals surface area contributed by atoms with E-state index < -0.39 is 41.8 Å². The van der Waals surface area contributed by atoms with Crippen LogP contribution >= 0.6 is 0 Å². The predicted molar refractivity (Wildman–Crippen MR) is 160 cm³/mol. The number of carbonyl (C=O) groups is 2. The second kappa shape index (κ2) is 13.6. The van der Waals surface area contributed by atoms with Crippen LogP contribution in [0.3, 0.4) is 0 Å². The lowest BCUT2D eigenvalue weighted by molar-refractivity contribution is -0.148. The topological polar surface area (TPSA) is 108 Å². The Hall–Kier alpha value is -3.27. The molecule has 1 heterocycles. The van der Waals surface area contributed by atoms with Gasteiger partial charge in [-0.3, -0.25) is 9.59 Å². The summed E-state index contributed by atoms with van der Waals surface area (Å²) in [4.78, 5) is 28.8. The molecule has 2 aromatic carbocycles. The van der Waals surface area contributed by atoms with Gasteiger partial charge in [0.15, 0.2) is 0 Å². The van der Waals surface area contributed by atoms with Gasteiger partial charge >= 0.3 is 0 Å². The van der Waals surface area contributed by atoms with Crippen molar-refractivity contribution in [1.82, 2.24) is 10.2 Å². The third-order valence-corrected chi connectivity index (χ3v) is 9.24. The van der Waals surface area contributed by atoms with E-state index in [0.29, 0.717) is 29.1 Å². The standard InChI is InChI=1S/C34H43FN2O6/c1-20(2)23-13-12-21(3)16-29(23)42-19-30(39)37(18-22-8-4-6-10-26(22)35)27-17-25(34(41)36-14-15-38)31-24-9-5-7-11-28(24)43-33(31)32(27)40/h4-11,17,20-21,23,27,29,31-33,38,40H,12-16,18-19H2,1-3H3,(H,36,41)/t21-,23+,27+,29-,31-,32-,33-/m0/s1. The molecule has 1 aliphatic heterocycles. The summed E-state index contributed by atoms with van der Waals surface area (Å²) in [6, 6.07) is 12.5. The van der Waals surface area contributed by atoms with Gasteiger partial charge in [0.05, 0.1) is 24.7 Å². The molecule has 7 atom stereocenters. The molecule has 1 saturated carbocycles. The van der Waals surface area contributed by atoms with Crippen molar-refractivity contribution in [3.8, 4) is 5.75 Å². The zero-order chi connectivity index (χ0) is 30.7. The van der Waals surface area contributed by atoms with Gasteiger partial charge in [-0.25, -0.2) is 4.39 Å². The number of aliphatic hydroxyl groups excluding tert-OH is 2. The number of hydrogen-bond donors (Lipinski definition) is 3. The lowest BCUT2D eigenvalue weighted by Gasteiger charge is -2.41. The van der Waals surface area contributed by atoms with Gasteiger partial charge in [0.1, 0.15) is 30.4 Å². The Morgan fingerprint density at radius 3 is 2.63 bits per heavy atom. The molecule has 2 amide bonds. The van der Waals surface area contributed by atoms with E-state index in [1.54, 1.807) is 30.3 Å². The summed E-state index contributed by atoms with van der Waals surface area (Å²) >= 11 is 0. The fourth-order valence-corrected chi connectivity index (χ4v) is 6.93. The van der Waals surface area contributed by atoms with Gasteiger partial charge in [-0.2, -0.15) is 0 Å². The molecular weight excluding hydrogens is 551 g/mol. The third kappa shape index (κ3) is 6.64. The Kier molecular flexibility index (Phi) is 9.84. The van der Waals surface area contributed by atoms with E-state index in [1.165, 1.54) is 11.0 Å². The number of halogens is 1. The van der Waals surface area contributed by atoms with E-state index in [9.17, 15) is 24.2 Å². The molecule has 2 aromatic rings. The number of nitrogens with one attached hydrogen (secondary N) is 1. The molecule has 3 aliphatic rings. The maximum absolute atomic E-state index is 14.9. The van der Waals surface area contributed by atoms with Crippen molar-refractivity contribution in [2.24, 2.45) is 17.8 Å². The highest BCUT2D eigenvalue weighted by Gasteiger charge is 2.50. The maximum atomic E-state index is 14.9. The molecule has 2 aliphatic carbocycles. The molecular formula is C34H43FN2O6. The summed E-state index contributed by atoms with van der Waals surface area (Å²) in [5, 5.41) is 23.8. The maximum Gasteiger partial charge on any atom is 0.249 e. The van der Waals surface area contributed by atoms with Crippen molar-refractivity contribution in [3.05, 3.63) is 77.1 Å². The molecule has 0 spiro atoms. The Bertz CT molecular complexity index is 1330. The minimum Gasteiger partial charge on any atom is -0.486 e. The normalized spacial score (nSPS) is 28.0. The number of nitrogens with zero attached hydrogens (tertiary/aromatic N) is 1. The Morgan fingerprint density at radius 1 is 1.14 bits per heavy atom. The van der Waals surface area contributed by atoms with Crippen LogP contribution in [0.4, 0.5) is 4.39 Å². The van der Waals surface area contributed by atoms with Crippen LogP contribution in [0.2, 0.25) is 0 Å². The quantitative estimate of drug-likeness (QED) is 0.385. The molecule has 0 radical (unpaired) electrons. The zero-order valence-electron chi connectivity index (χ0n) is 25.1. The molecule has 8 nitrogen and oxygen atoms in total. The molecule has 1 fully saturated rings. The second-order valence-electron chi connectivity index (χ2n) is 12.5. The van der Waals surface area contributed by atoms with Gasteiger partial charge in [0, 0.05) is 29.8 Å². The molecule has 0 unspecified atom stereocenters. The molecule has 0 saturated heterocycles. The van der Waals surface area contributed by atoms with Crippen molar-refractivity contribution in [2.75, 3.05) is 19.8 Å². The summed E-state index contributed by atoms with van der Waals surface area (Å²) in [6.45, 7) is 6.00. The average Bonchev–Trinajstić information content (AvgIpc) is 3.39. The summed E-state index contributed by atoms with van der Waals surface area (Å²) in [5.74, 6) is -0.0935. The van der Waals surface area contributed by atoms with Gasteiger partial charge in [-0.15, -0.1) is 0 Å². The highest BCUT2D eigenvalue weighted by molar-refractivity contribution is 5.96. The predicted octanol–water partition coefficient (Wildman–Crippen LogP) is 3.95. The summed E-state index contributed by atoms with van der Waals surface area (Å²) in [7, 11) is 0. The smallest absolute Gasteiger partial charge is 0.249 e. The Labute approximate surface area is 252 Å². The first-order valence-corrected chi connectivity index (χ1v) is 15.4. The lowest BCUT2D eigenvalue weighted by atomic mass is 9.75. The van der Waals surface area contributed by atoms with Gasteiger partial charge in [-0.1, -0.05) is 63.6 Å². The Balaban J connectivity index is 1.48. The van der Waals surface area contributed by atoms with Crippen LogP contribution in [0.25, 0.3) is 0 Å². The van der Waals surface area contributed by atoms with Crippen LogP contribution in [0.5, 0.6) is 5.75 Å². The first-order chi connectivity index (χ1) is 20.7. The molecule has 0 aromatic heterocycles. The largest absolute Gasteiger partial charge is 0.486 e. The minimum absolute atomic E-state index is 0.0474. The van der Waals surface area contributed by atoms with Crippen molar-refractivity contribution in [1.29, 1.82) is 0 Å². The number of carbonyl (C=O) groups excluding carboxylic acids is 2. The third-order valence-electron chi connectivity index (χ3n) is 9.24. The van der Waals surface area contributed by atoms with E-state index in [-0.39, 0.29) is 38.0 Å². The van der Waals surface area contributed by atoms with E-state index in [2.05, 4.69) is 26.1 Å². The lowest BCUT2D eigenvalue weighted by Crippen LogP contribution is -2.56. The molecule has 5 rings (SSSR count). The Morgan fingerprint density at radius 2 is 1.88 bits per heavy atom. The number of hydrogen-bond acceptors (Lipinski definition) is 6. The second-order valence-corrected chi connectivity index (χ2v) is 12.5. The van der Waals surface area contributed by atoms with Crippen LogP contribution < -0.4 is 10.1 Å². The molecule has 0 bridgehead atoms. The first-order valence-electron chi connectivity index (χ1n) is 15.4. The van der Waals surface area contributed by atoms with E-state index in [4.69, 9.17) is 9.47 Å². The van der Waals surface area contributed by atoms with Gasteiger partial charge < -0.3 is 29.9 Å². The van der Waals surface area contributed by atoms with Crippen LogP contribution in [-0.2, 0) is 20.9 Å². The highest BCUT2D eigenvalue weighted by Crippen LogP contribution is 2.47. The number of amides is 2. The fourth-order valence-electron chi connectivity index (χ4n) is 6.93. The monoisotopic (exact) mass is 594 g/mol. The summed E-state index contributed by atoms with van der Waals surface area (Å²) < 4.78 is 27.4. The minimum atomic E-state index is -1.21. The van der Waals surface area contributed by atoms with Crippen molar-refractivity contribution in [3.63, 3.8) is 0 Å². The zero-order valence-corrected chi connectivity index (χ0v) is 25.1. The van der Waals surface area contributed by atoms with Crippen LogP contribution in [-0.4, -0.2) is 71.0 Å². The first kappa shape index (κ1) is 31.2. The number of rotatable bonds is 10. The van der Waals surface area contributed by atoms with Crippen LogP contribution in [0.1, 0.15) is 57.1 Å². The van der Waals surface area contributed by atoms with E-state index in [0.717, 1.165) is 24.8 Å². The molecule has 43 heavy (non-hydrogen) atoms. The van der Waals surface area contributed by atoms with Crippen molar-refractivity contribution < 1.29 is 33.7 Å². The average molecular weight is 595 g/mol. The van der Waals surface area contributed by atoms with E-state index in [1.807, 2.05) is 18.2 Å². The van der Waals surface area contributed by atoms with E-state index >= 15 is 0 Å². The molecule has 232 valence electrons. The van der Waals surface area contributed by atoms with Crippen molar-refractivity contribution >= 4 is 11.8 Å². The summed E-state index contributed by atoms with van der Waals surface area (Å²) in [5.41, 5.74) is 1.37. The number of ether oxygens (including phenoxy) is 2. The van der Waals surface area contributed by atoms with Gasteiger partial charge in [0.25, 0.3) is 0 Å². The number of fused-ring (bicyclic) bond motifs is 3.